The van der Waals surface area contributed by atoms with Crippen LogP contribution in [-0.2, 0) is 6.42 Å². The van der Waals surface area contributed by atoms with E-state index in [0.717, 1.165) is 17.9 Å². The van der Waals surface area contributed by atoms with Gasteiger partial charge in [0, 0.05) is 0 Å². The first kappa shape index (κ1) is 14.2. The monoisotopic (exact) mass is 262 g/mol. The molecule has 0 amide bonds. The second kappa shape index (κ2) is 8.08. The molecule has 0 saturated heterocycles. The maximum Gasteiger partial charge on any atom is 0.161 e. The highest BCUT2D eigenvalue weighted by Crippen LogP contribution is 2.31. The minimum atomic E-state index is 0.671. The molecule has 1 heterocycles. The SMILES string of the molecule is CCCCCCCCCc1ccc2c(c1)OCCO2. The third-order valence-corrected chi connectivity index (χ3v) is 3.68. The van der Waals surface area contributed by atoms with Gasteiger partial charge in [-0.25, -0.2) is 0 Å². The van der Waals surface area contributed by atoms with Crippen LogP contribution >= 0.6 is 0 Å². The Morgan fingerprint density at radius 2 is 1.53 bits per heavy atom. The molecule has 0 unspecified atom stereocenters. The van der Waals surface area contributed by atoms with E-state index in [4.69, 9.17) is 9.47 Å². The summed E-state index contributed by atoms with van der Waals surface area (Å²) in [5, 5.41) is 0. The molecule has 2 nitrogen and oxygen atoms in total. The molecule has 2 rings (SSSR count). The summed E-state index contributed by atoms with van der Waals surface area (Å²) in [7, 11) is 0. The van der Waals surface area contributed by atoms with Crippen molar-refractivity contribution in [1.82, 2.24) is 0 Å². The fraction of sp³-hybridized carbons (Fsp3) is 0.647. The van der Waals surface area contributed by atoms with Gasteiger partial charge >= 0.3 is 0 Å². The molecule has 1 aliphatic heterocycles. The lowest BCUT2D eigenvalue weighted by atomic mass is 10.0. The Kier molecular flexibility index (Phi) is 6.06. The molecule has 0 fully saturated rings. The van der Waals surface area contributed by atoms with E-state index in [0.29, 0.717) is 13.2 Å². The quantitative estimate of drug-likeness (QED) is 0.629. The molecule has 2 heteroatoms. The average Bonchev–Trinajstić information content (AvgIpc) is 2.46. The Hall–Kier alpha value is -1.18. The summed E-state index contributed by atoms with van der Waals surface area (Å²) < 4.78 is 11.1. The average molecular weight is 262 g/mol. The van der Waals surface area contributed by atoms with Gasteiger partial charge in [0.25, 0.3) is 0 Å². The number of benzene rings is 1. The van der Waals surface area contributed by atoms with Crippen molar-refractivity contribution < 1.29 is 9.47 Å². The van der Waals surface area contributed by atoms with E-state index in [1.807, 2.05) is 6.07 Å². The highest BCUT2D eigenvalue weighted by molar-refractivity contribution is 5.43. The maximum atomic E-state index is 5.61. The van der Waals surface area contributed by atoms with Crippen molar-refractivity contribution in [3.8, 4) is 11.5 Å². The predicted octanol–water partition coefficient (Wildman–Crippen LogP) is 4.75. The van der Waals surface area contributed by atoms with Crippen LogP contribution in [0.25, 0.3) is 0 Å². The zero-order valence-electron chi connectivity index (χ0n) is 12.1. The van der Waals surface area contributed by atoms with Crippen molar-refractivity contribution in [1.29, 1.82) is 0 Å². The van der Waals surface area contributed by atoms with Gasteiger partial charge in [-0.2, -0.15) is 0 Å². The first-order valence-electron chi connectivity index (χ1n) is 7.78. The van der Waals surface area contributed by atoms with Crippen molar-refractivity contribution in [3.63, 3.8) is 0 Å². The Balaban J connectivity index is 1.66. The molecule has 0 radical (unpaired) electrons. The highest BCUT2D eigenvalue weighted by Gasteiger charge is 2.11. The third kappa shape index (κ3) is 4.77. The number of rotatable bonds is 8. The lowest BCUT2D eigenvalue weighted by Gasteiger charge is -2.18. The Bertz CT molecular complexity index is 374. The van der Waals surface area contributed by atoms with E-state index in [-0.39, 0.29) is 0 Å². The molecule has 106 valence electrons. The van der Waals surface area contributed by atoms with Crippen LogP contribution in [0.2, 0.25) is 0 Å². The number of ether oxygens (including phenoxy) is 2. The third-order valence-electron chi connectivity index (χ3n) is 3.68. The minimum absolute atomic E-state index is 0.671. The van der Waals surface area contributed by atoms with Crippen LogP contribution in [0.5, 0.6) is 11.5 Å². The molecule has 0 bridgehead atoms. The van der Waals surface area contributed by atoms with E-state index in [2.05, 4.69) is 19.1 Å². The highest BCUT2D eigenvalue weighted by atomic mass is 16.6. The second-order valence-corrected chi connectivity index (χ2v) is 5.35. The molecule has 0 atom stereocenters. The van der Waals surface area contributed by atoms with E-state index in [1.165, 1.54) is 50.5 Å². The van der Waals surface area contributed by atoms with Crippen LogP contribution in [0.1, 0.15) is 57.4 Å². The van der Waals surface area contributed by atoms with Gasteiger partial charge < -0.3 is 9.47 Å². The zero-order chi connectivity index (χ0) is 13.3. The van der Waals surface area contributed by atoms with E-state index < -0.39 is 0 Å². The summed E-state index contributed by atoms with van der Waals surface area (Å²) in [4.78, 5) is 0. The minimum Gasteiger partial charge on any atom is -0.486 e. The van der Waals surface area contributed by atoms with Gasteiger partial charge in [-0.1, -0.05) is 51.5 Å². The molecular weight excluding hydrogens is 236 g/mol. The first-order chi connectivity index (χ1) is 9.40. The molecule has 19 heavy (non-hydrogen) atoms. The smallest absolute Gasteiger partial charge is 0.161 e. The standard InChI is InChI=1S/C17H26O2/c1-2-3-4-5-6-7-8-9-15-10-11-16-17(14-15)19-13-12-18-16/h10-11,14H,2-9,12-13H2,1H3. The molecule has 1 aliphatic rings. The van der Waals surface area contributed by atoms with Crippen LogP contribution in [0, 0.1) is 0 Å². The fourth-order valence-electron chi connectivity index (χ4n) is 2.53. The number of hydrogen-bond donors (Lipinski definition) is 0. The lowest BCUT2D eigenvalue weighted by molar-refractivity contribution is 0.171. The van der Waals surface area contributed by atoms with Gasteiger partial charge in [0.2, 0.25) is 0 Å². The number of hydrogen-bond acceptors (Lipinski definition) is 2. The molecule has 0 saturated carbocycles. The van der Waals surface area contributed by atoms with Crippen molar-refractivity contribution in [2.75, 3.05) is 13.2 Å². The summed E-state index contributed by atoms with van der Waals surface area (Å²) >= 11 is 0. The lowest BCUT2D eigenvalue weighted by Crippen LogP contribution is -2.15. The van der Waals surface area contributed by atoms with Gasteiger partial charge in [0.15, 0.2) is 11.5 Å². The molecule has 1 aromatic rings. The van der Waals surface area contributed by atoms with Gasteiger partial charge in [-0.3, -0.25) is 0 Å². The maximum absolute atomic E-state index is 5.61. The number of fused-ring (bicyclic) bond motifs is 1. The number of unbranched alkanes of at least 4 members (excludes halogenated alkanes) is 6. The first-order valence-corrected chi connectivity index (χ1v) is 7.78. The molecule has 1 aromatic carbocycles. The van der Waals surface area contributed by atoms with E-state index >= 15 is 0 Å². The second-order valence-electron chi connectivity index (χ2n) is 5.35. The Morgan fingerprint density at radius 1 is 0.842 bits per heavy atom. The predicted molar refractivity (Wildman–Crippen MR) is 79.1 cm³/mol. The summed E-state index contributed by atoms with van der Waals surface area (Å²) in [6.45, 7) is 3.61. The summed E-state index contributed by atoms with van der Waals surface area (Å²) in [5.41, 5.74) is 1.37. The van der Waals surface area contributed by atoms with Crippen LogP contribution in [0.4, 0.5) is 0 Å². The van der Waals surface area contributed by atoms with Gasteiger partial charge in [0.1, 0.15) is 13.2 Å². The molecule has 0 spiro atoms. The van der Waals surface area contributed by atoms with Crippen LogP contribution in [0.3, 0.4) is 0 Å². The normalized spacial score (nSPS) is 13.5. The van der Waals surface area contributed by atoms with Crippen molar-refractivity contribution in [2.45, 2.75) is 58.3 Å². The summed E-state index contributed by atoms with van der Waals surface area (Å²) in [6, 6.07) is 6.36. The molecular formula is C17H26O2. The van der Waals surface area contributed by atoms with Crippen molar-refractivity contribution in [3.05, 3.63) is 23.8 Å². The van der Waals surface area contributed by atoms with Crippen LogP contribution < -0.4 is 9.47 Å². The van der Waals surface area contributed by atoms with Crippen molar-refractivity contribution in [2.24, 2.45) is 0 Å². The topological polar surface area (TPSA) is 18.5 Å². The van der Waals surface area contributed by atoms with Crippen LogP contribution in [0.15, 0.2) is 18.2 Å². The Morgan fingerprint density at radius 3 is 2.32 bits per heavy atom. The van der Waals surface area contributed by atoms with Gasteiger partial charge in [0.05, 0.1) is 0 Å². The van der Waals surface area contributed by atoms with E-state index in [1.54, 1.807) is 0 Å². The van der Waals surface area contributed by atoms with Crippen molar-refractivity contribution >= 4 is 0 Å². The van der Waals surface area contributed by atoms with E-state index in [9.17, 15) is 0 Å². The Labute approximate surface area is 117 Å². The molecule has 0 aromatic heterocycles. The number of aryl methyl sites for hydroxylation is 1. The van der Waals surface area contributed by atoms with Gasteiger partial charge in [-0.15, -0.1) is 0 Å². The van der Waals surface area contributed by atoms with Gasteiger partial charge in [-0.05, 0) is 30.5 Å². The zero-order valence-corrected chi connectivity index (χ0v) is 12.1. The molecule has 0 N–H and O–H groups in total. The largest absolute Gasteiger partial charge is 0.486 e. The van der Waals surface area contributed by atoms with Crippen LogP contribution in [-0.4, -0.2) is 13.2 Å². The molecule has 0 aliphatic carbocycles. The summed E-state index contributed by atoms with van der Waals surface area (Å²) in [6.07, 6.45) is 10.7. The fourth-order valence-corrected chi connectivity index (χ4v) is 2.53. The summed E-state index contributed by atoms with van der Waals surface area (Å²) in [5.74, 6) is 1.82.